The highest BCUT2D eigenvalue weighted by Gasteiger charge is 2.54. The minimum Gasteiger partial charge on any atom is -0.481 e. The molecule has 0 aromatic rings. The van der Waals surface area contributed by atoms with Gasteiger partial charge in [0.15, 0.2) is 5.96 Å². The summed E-state index contributed by atoms with van der Waals surface area (Å²) < 4.78 is 4.34. The van der Waals surface area contributed by atoms with Crippen molar-refractivity contribution < 1.29 is 39.5 Å². The Morgan fingerprint density at radius 1 is 1.33 bits per heavy atom. The molecule has 0 radical (unpaired) electrons. The van der Waals surface area contributed by atoms with Crippen LogP contribution in [0.3, 0.4) is 0 Å². The van der Waals surface area contributed by atoms with Crippen LogP contribution in [-0.2, 0) is 14.3 Å². The number of rotatable bonds is 8. The van der Waals surface area contributed by atoms with Crippen LogP contribution in [0.5, 0.6) is 0 Å². The van der Waals surface area contributed by atoms with Gasteiger partial charge in [-0.1, -0.05) is 0 Å². The Balaban J connectivity index is 3.45. The van der Waals surface area contributed by atoms with Gasteiger partial charge in [-0.05, 0) is 6.42 Å². The maximum atomic E-state index is 11.6. The van der Waals surface area contributed by atoms with Crippen LogP contribution in [0.15, 0.2) is 4.99 Å². The fourth-order valence-corrected chi connectivity index (χ4v) is 3.61. The van der Waals surface area contributed by atoms with Crippen LogP contribution in [0.2, 0.25) is 0 Å². The number of aliphatic carboxylic acids is 1. The number of carbonyl (C=O) groups is 3. The molecule has 12 nitrogen and oxygen atoms in total. The van der Waals surface area contributed by atoms with Crippen molar-refractivity contribution in [1.82, 2.24) is 5.32 Å². The highest BCUT2D eigenvalue weighted by Crippen LogP contribution is 2.40. The fraction of sp³-hybridized carbons (Fsp3) is 0.714. The molecule has 7 atom stereocenters. The lowest BCUT2D eigenvalue weighted by Crippen LogP contribution is -2.57. The molecular formula is C14H23IN4O8. The summed E-state index contributed by atoms with van der Waals surface area (Å²) in [6.45, 7) is 0.319. The van der Waals surface area contributed by atoms with E-state index in [0.717, 1.165) is 6.92 Å². The van der Waals surface area contributed by atoms with Crippen molar-refractivity contribution in [3.63, 3.8) is 0 Å². The summed E-state index contributed by atoms with van der Waals surface area (Å²) in [5.41, 5.74) is 10.8. The van der Waals surface area contributed by atoms with E-state index in [9.17, 15) is 29.7 Å². The maximum absolute atomic E-state index is 11.6. The van der Waals surface area contributed by atoms with Crippen LogP contribution in [-0.4, -0.2) is 79.2 Å². The molecule has 1 aliphatic rings. The van der Waals surface area contributed by atoms with Crippen molar-refractivity contribution in [2.45, 2.75) is 43.7 Å². The molecule has 1 aliphatic carbocycles. The molecule has 0 spiro atoms. The van der Waals surface area contributed by atoms with E-state index in [0.29, 0.717) is 0 Å². The van der Waals surface area contributed by atoms with Crippen LogP contribution >= 0.6 is 22.6 Å². The van der Waals surface area contributed by atoms with E-state index < -0.39 is 64.7 Å². The summed E-state index contributed by atoms with van der Waals surface area (Å²) in [5, 5.41) is 41.2. The van der Waals surface area contributed by atoms with E-state index in [1.165, 1.54) is 22.6 Å². The highest BCUT2D eigenvalue weighted by atomic mass is 127. The molecule has 9 N–H and O–H groups in total. The van der Waals surface area contributed by atoms with Gasteiger partial charge in [-0.3, -0.25) is 9.59 Å². The Bertz CT molecular complexity index is 600. The predicted molar refractivity (Wildman–Crippen MR) is 99.8 cm³/mol. The number of nitrogens with two attached hydrogens (primary N) is 2. The molecule has 0 aromatic heterocycles. The monoisotopic (exact) mass is 502 g/mol. The largest absolute Gasteiger partial charge is 0.481 e. The Morgan fingerprint density at radius 3 is 2.33 bits per heavy atom. The number of aliphatic hydroxyl groups excluding tert-OH is 3. The molecular weight excluding hydrogens is 479 g/mol. The quantitative estimate of drug-likeness (QED) is 0.0801. The van der Waals surface area contributed by atoms with Crippen LogP contribution in [0.1, 0.15) is 13.3 Å². The summed E-state index contributed by atoms with van der Waals surface area (Å²) >= 11 is 1.32. The van der Waals surface area contributed by atoms with Gasteiger partial charge < -0.3 is 41.9 Å². The first-order valence-electron chi connectivity index (χ1n) is 7.91. The van der Waals surface area contributed by atoms with Crippen molar-refractivity contribution in [2.24, 2.45) is 28.3 Å². The van der Waals surface area contributed by atoms with Gasteiger partial charge >= 0.3 is 9.95 Å². The minimum absolute atomic E-state index is 0.134. The zero-order valence-corrected chi connectivity index (χ0v) is 16.5. The number of hydrogen-bond acceptors (Lipinski definition) is 8. The third-order valence-electron chi connectivity index (χ3n) is 4.31. The molecule has 1 amide bonds. The molecule has 1 saturated carbocycles. The summed E-state index contributed by atoms with van der Waals surface area (Å²) in [7, 11) is 0. The second-order valence-electron chi connectivity index (χ2n) is 6.17. The molecule has 0 saturated heterocycles. The van der Waals surface area contributed by atoms with E-state index in [2.05, 4.69) is 10.3 Å². The van der Waals surface area contributed by atoms with Gasteiger partial charge in [0.05, 0.1) is 47.2 Å². The third kappa shape index (κ3) is 6.15. The number of halogens is 1. The van der Waals surface area contributed by atoms with Gasteiger partial charge in [0, 0.05) is 12.8 Å². The minimum atomic E-state index is -1.71. The average Bonchev–Trinajstić information content (AvgIpc) is 2.87. The van der Waals surface area contributed by atoms with E-state index >= 15 is 0 Å². The van der Waals surface area contributed by atoms with Crippen LogP contribution in [0.4, 0.5) is 4.79 Å². The Kier molecular flexibility index (Phi) is 8.64. The molecule has 0 unspecified atom stereocenters. The number of aliphatic hydroxyl groups is 3. The van der Waals surface area contributed by atoms with Crippen molar-refractivity contribution >= 4 is 44.4 Å². The third-order valence-corrected chi connectivity index (χ3v) is 4.56. The number of ether oxygens (including phenoxy) is 1. The van der Waals surface area contributed by atoms with E-state index in [4.69, 9.17) is 21.3 Å². The molecule has 1 rings (SSSR count). The molecule has 13 heteroatoms. The van der Waals surface area contributed by atoms with E-state index in [1.807, 2.05) is 0 Å². The number of aliphatic imine (C=N–C) groups is 1. The number of amides is 1. The lowest BCUT2D eigenvalue weighted by atomic mass is 9.85. The second-order valence-corrected chi connectivity index (χ2v) is 7.05. The van der Waals surface area contributed by atoms with Crippen molar-refractivity contribution in [2.75, 3.05) is 6.61 Å². The number of nitrogens with zero attached hydrogens (tertiary/aromatic N) is 1. The molecule has 0 aromatic carbocycles. The highest BCUT2D eigenvalue weighted by molar-refractivity contribution is 14.1. The normalized spacial score (nSPS) is 27.9. The van der Waals surface area contributed by atoms with Crippen molar-refractivity contribution in [1.29, 1.82) is 0 Å². The number of guanidine groups is 1. The Hall–Kier alpha value is -1.71. The average molecular weight is 502 g/mol. The van der Waals surface area contributed by atoms with Crippen molar-refractivity contribution in [3.05, 3.63) is 0 Å². The van der Waals surface area contributed by atoms with Gasteiger partial charge in [-0.2, -0.15) is 0 Å². The van der Waals surface area contributed by atoms with E-state index in [1.54, 1.807) is 0 Å². The van der Waals surface area contributed by atoms with E-state index in [-0.39, 0.29) is 12.4 Å². The number of carboxylic acids is 1. The van der Waals surface area contributed by atoms with Gasteiger partial charge in [0.2, 0.25) is 5.91 Å². The zero-order valence-electron chi connectivity index (χ0n) is 14.4. The topological polar surface area (TPSA) is 218 Å². The molecule has 1 fully saturated rings. The van der Waals surface area contributed by atoms with Crippen LogP contribution in [0, 0.1) is 11.8 Å². The first kappa shape index (κ1) is 23.3. The molecule has 154 valence electrons. The molecule has 0 aliphatic heterocycles. The smallest absolute Gasteiger partial charge is 0.367 e. The second kappa shape index (κ2) is 10.0. The molecule has 0 heterocycles. The predicted octanol–water partition coefficient (Wildman–Crippen LogP) is -2.49. The number of nitrogens with one attached hydrogen (secondary N) is 1. The summed E-state index contributed by atoms with van der Waals surface area (Å²) in [6, 6.07) is -2.24. The van der Waals surface area contributed by atoms with Crippen LogP contribution < -0.4 is 16.8 Å². The standard InChI is InChI=1S/C14H23IN4O8/c1-4(21)18-9(10(23)7(22)3-20)8-6(19-14(16)17)2-5(12(24)25)11(8)27-13(15)26/h5-11,20,22-23H,2-3H2,1H3,(H,18,21)(H,24,25)(H4,16,17,19)/t5-,6+,7-,8+,9-,10-,11+/m0/s1. The van der Waals surface area contributed by atoms with Gasteiger partial charge in [-0.25, -0.2) is 9.79 Å². The lowest BCUT2D eigenvalue weighted by molar-refractivity contribution is -0.145. The SMILES string of the molecule is CC(=O)N[C@H]([C@@H](O)[C@@H](O)CO)[C@@H]1[C@H](OC(=O)I)[C@@H](C(=O)O)C[C@H]1N=C(N)N. The fourth-order valence-electron chi connectivity index (χ4n) is 3.31. The van der Waals surface area contributed by atoms with Crippen LogP contribution in [0.25, 0.3) is 0 Å². The summed E-state index contributed by atoms with van der Waals surface area (Å²) in [4.78, 5) is 38.7. The molecule has 0 bridgehead atoms. The number of carboxylic acid groups (broad SMARTS) is 1. The summed E-state index contributed by atoms with van der Waals surface area (Å²) in [6.07, 6.45) is -4.78. The number of hydrogen-bond donors (Lipinski definition) is 7. The first-order chi connectivity index (χ1) is 12.5. The Labute approximate surface area is 168 Å². The lowest BCUT2D eigenvalue weighted by Gasteiger charge is -2.36. The van der Waals surface area contributed by atoms with Gasteiger partial charge in [0.25, 0.3) is 0 Å². The van der Waals surface area contributed by atoms with Crippen molar-refractivity contribution in [3.8, 4) is 0 Å². The first-order valence-corrected chi connectivity index (χ1v) is 8.99. The zero-order chi connectivity index (χ0) is 20.9. The van der Waals surface area contributed by atoms with Gasteiger partial charge in [0.1, 0.15) is 18.3 Å². The van der Waals surface area contributed by atoms with Gasteiger partial charge in [-0.15, -0.1) is 0 Å². The number of carbonyl (C=O) groups excluding carboxylic acids is 2. The maximum Gasteiger partial charge on any atom is 0.367 e. The molecule has 27 heavy (non-hydrogen) atoms. The summed E-state index contributed by atoms with van der Waals surface area (Å²) in [5.74, 6) is -4.54. The Morgan fingerprint density at radius 2 is 1.93 bits per heavy atom.